The van der Waals surface area contributed by atoms with E-state index >= 15 is 0 Å². The van der Waals surface area contributed by atoms with E-state index < -0.39 is 0 Å². The fourth-order valence-electron chi connectivity index (χ4n) is 3.52. The molecule has 0 bridgehead atoms. The van der Waals surface area contributed by atoms with E-state index in [0.717, 1.165) is 31.7 Å². The molecule has 7 heteroatoms. The molecule has 1 aliphatic heterocycles. The lowest BCUT2D eigenvalue weighted by Gasteiger charge is -2.30. The zero-order valence-electron chi connectivity index (χ0n) is 14.0. The van der Waals surface area contributed by atoms with Crippen LogP contribution >= 0.6 is 0 Å². The number of aromatic nitrogens is 4. The molecule has 0 amide bonds. The maximum Gasteiger partial charge on any atom is 0.151 e. The smallest absolute Gasteiger partial charge is 0.151 e. The minimum absolute atomic E-state index is 0.290. The van der Waals surface area contributed by atoms with Gasteiger partial charge in [0, 0.05) is 32.4 Å². The zero-order chi connectivity index (χ0) is 17.2. The second-order valence-electron chi connectivity index (χ2n) is 6.28. The van der Waals surface area contributed by atoms with Gasteiger partial charge in [0.15, 0.2) is 5.82 Å². The third-order valence-electron chi connectivity index (χ3n) is 4.67. The predicted octanol–water partition coefficient (Wildman–Crippen LogP) is 2.66. The van der Waals surface area contributed by atoms with Crippen LogP contribution in [0.2, 0.25) is 0 Å². The van der Waals surface area contributed by atoms with E-state index in [1.165, 1.54) is 12.4 Å². The molecule has 128 valence electrons. The summed E-state index contributed by atoms with van der Waals surface area (Å²) in [7, 11) is 1.95. The number of hydrogen-bond donors (Lipinski definition) is 0. The van der Waals surface area contributed by atoms with Crippen molar-refractivity contribution in [2.45, 2.75) is 18.9 Å². The SMILES string of the molecule is CN(CC1CCCN1c1cccnn1)c1ncnc2cccc(F)c12. The normalized spacial score (nSPS) is 17.2. The van der Waals surface area contributed by atoms with Gasteiger partial charge in [-0.3, -0.25) is 0 Å². The van der Waals surface area contributed by atoms with Gasteiger partial charge in [0.05, 0.1) is 10.9 Å². The van der Waals surface area contributed by atoms with Crippen molar-refractivity contribution in [2.24, 2.45) is 0 Å². The first-order valence-corrected chi connectivity index (χ1v) is 8.39. The van der Waals surface area contributed by atoms with Gasteiger partial charge in [0.25, 0.3) is 0 Å². The third kappa shape index (κ3) is 2.97. The van der Waals surface area contributed by atoms with Crippen LogP contribution < -0.4 is 9.80 Å². The third-order valence-corrected chi connectivity index (χ3v) is 4.67. The summed E-state index contributed by atoms with van der Waals surface area (Å²) in [5, 5.41) is 8.67. The molecule has 3 aromatic rings. The van der Waals surface area contributed by atoms with Crippen LogP contribution in [0.3, 0.4) is 0 Å². The summed E-state index contributed by atoms with van der Waals surface area (Å²) < 4.78 is 14.3. The molecule has 6 nitrogen and oxygen atoms in total. The van der Waals surface area contributed by atoms with Gasteiger partial charge in [0.2, 0.25) is 0 Å². The van der Waals surface area contributed by atoms with Crippen LogP contribution in [0.4, 0.5) is 16.0 Å². The van der Waals surface area contributed by atoms with E-state index in [9.17, 15) is 4.39 Å². The van der Waals surface area contributed by atoms with Crippen LogP contribution in [-0.2, 0) is 0 Å². The second kappa shape index (κ2) is 6.58. The lowest BCUT2D eigenvalue weighted by atomic mass is 10.2. The van der Waals surface area contributed by atoms with Crippen LogP contribution in [0.5, 0.6) is 0 Å². The number of halogens is 1. The Labute approximate surface area is 145 Å². The van der Waals surface area contributed by atoms with Gasteiger partial charge in [-0.2, -0.15) is 5.10 Å². The van der Waals surface area contributed by atoms with Crippen molar-refractivity contribution in [2.75, 3.05) is 29.9 Å². The fraction of sp³-hybridized carbons (Fsp3) is 0.333. The Morgan fingerprint density at radius 3 is 3.00 bits per heavy atom. The molecule has 25 heavy (non-hydrogen) atoms. The van der Waals surface area contributed by atoms with Crippen LogP contribution in [0.25, 0.3) is 10.9 Å². The van der Waals surface area contributed by atoms with Crippen molar-refractivity contribution >= 4 is 22.5 Å². The van der Waals surface area contributed by atoms with E-state index in [-0.39, 0.29) is 5.82 Å². The Morgan fingerprint density at radius 1 is 1.24 bits per heavy atom. The Kier molecular flexibility index (Phi) is 4.13. The Bertz CT molecular complexity index is 867. The van der Waals surface area contributed by atoms with Gasteiger partial charge in [-0.15, -0.1) is 5.10 Å². The lowest BCUT2D eigenvalue weighted by Crippen LogP contribution is -2.39. The van der Waals surface area contributed by atoms with Crippen LogP contribution in [0, 0.1) is 5.82 Å². The molecule has 0 spiro atoms. The average molecular weight is 338 g/mol. The molecule has 4 rings (SSSR count). The number of fused-ring (bicyclic) bond motifs is 1. The number of rotatable bonds is 4. The molecule has 1 saturated heterocycles. The van der Waals surface area contributed by atoms with E-state index in [4.69, 9.17) is 0 Å². The van der Waals surface area contributed by atoms with Crippen molar-refractivity contribution in [3.63, 3.8) is 0 Å². The average Bonchev–Trinajstić information content (AvgIpc) is 3.10. The molecule has 0 saturated carbocycles. The molecule has 0 N–H and O–H groups in total. The van der Waals surface area contributed by atoms with Gasteiger partial charge < -0.3 is 9.80 Å². The monoisotopic (exact) mass is 338 g/mol. The van der Waals surface area contributed by atoms with Gasteiger partial charge in [0.1, 0.15) is 18.0 Å². The maximum atomic E-state index is 14.3. The molecule has 1 atom stereocenters. The number of benzene rings is 1. The topological polar surface area (TPSA) is 58.0 Å². The first-order valence-electron chi connectivity index (χ1n) is 8.39. The molecule has 1 aromatic carbocycles. The summed E-state index contributed by atoms with van der Waals surface area (Å²) in [6.45, 7) is 1.69. The predicted molar refractivity (Wildman–Crippen MR) is 95.2 cm³/mol. The first-order chi connectivity index (χ1) is 12.2. The molecule has 1 unspecified atom stereocenters. The van der Waals surface area contributed by atoms with Crippen LogP contribution in [0.1, 0.15) is 12.8 Å². The van der Waals surface area contributed by atoms with Crippen molar-refractivity contribution in [3.8, 4) is 0 Å². The van der Waals surface area contributed by atoms with E-state index in [0.29, 0.717) is 22.8 Å². The standard InChI is InChI=1S/C18H19FN6/c1-24(18-17-14(19)6-2-7-15(17)20-12-21-18)11-13-5-4-10-25(13)16-8-3-9-22-23-16/h2-3,6-9,12-13H,4-5,10-11H2,1H3. The highest BCUT2D eigenvalue weighted by molar-refractivity contribution is 5.89. The lowest BCUT2D eigenvalue weighted by molar-refractivity contribution is 0.632. The van der Waals surface area contributed by atoms with E-state index in [1.54, 1.807) is 18.3 Å². The molecule has 3 heterocycles. The van der Waals surface area contributed by atoms with Crippen LogP contribution in [-0.4, -0.2) is 46.3 Å². The Morgan fingerprint density at radius 2 is 2.16 bits per heavy atom. The van der Waals surface area contributed by atoms with Crippen molar-refractivity contribution in [1.82, 2.24) is 20.2 Å². The highest BCUT2D eigenvalue weighted by Crippen LogP contribution is 2.28. The number of likely N-dealkylation sites (N-methyl/N-ethyl adjacent to an activating group) is 1. The summed E-state index contributed by atoms with van der Waals surface area (Å²) in [6, 6.07) is 9.09. The quantitative estimate of drug-likeness (QED) is 0.729. The van der Waals surface area contributed by atoms with Gasteiger partial charge >= 0.3 is 0 Å². The number of hydrogen-bond acceptors (Lipinski definition) is 6. The zero-order valence-corrected chi connectivity index (χ0v) is 14.0. The summed E-state index contributed by atoms with van der Waals surface area (Å²) in [5.74, 6) is 1.21. The minimum Gasteiger partial charge on any atom is -0.357 e. The highest BCUT2D eigenvalue weighted by Gasteiger charge is 2.27. The largest absolute Gasteiger partial charge is 0.357 e. The summed E-state index contributed by atoms with van der Waals surface area (Å²) in [4.78, 5) is 12.8. The summed E-state index contributed by atoms with van der Waals surface area (Å²) in [5.41, 5.74) is 0.619. The summed E-state index contributed by atoms with van der Waals surface area (Å²) in [6.07, 6.45) is 5.33. The second-order valence-corrected chi connectivity index (χ2v) is 6.28. The Hall–Kier alpha value is -2.83. The molecular weight excluding hydrogens is 319 g/mol. The molecule has 2 aromatic heterocycles. The van der Waals surface area contributed by atoms with Gasteiger partial charge in [-0.1, -0.05) is 6.07 Å². The highest BCUT2D eigenvalue weighted by atomic mass is 19.1. The first kappa shape index (κ1) is 15.7. The number of nitrogens with zero attached hydrogens (tertiary/aromatic N) is 6. The Balaban J connectivity index is 1.61. The fourth-order valence-corrected chi connectivity index (χ4v) is 3.52. The molecule has 0 radical (unpaired) electrons. The van der Waals surface area contributed by atoms with E-state index in [1.807, 2.05) is 24.1 Å². The summed E-state index contributed by atoms with van der Waals surface area (Å²) >= 11 is 0. The molecule has 0 aliphatic carbocycles. The van der Waals surface area contributed by atoms with Crippen molar-refractivity contribution in [1.29, 1.82) is 0 Å². The minimum atomic E-state index is -0.294. The number of anilines is 2. The van der Waals surface area contributed by atoms with Gasteiger partial charge in [-0.25, -0.2) is 14.4 Å². The molecule has 1 fully saturated rings. The maximum absolute atomic E-state index is 14.3. The van der Waals surface area contributed by atoms with Crippen molar-refractivity contribution < 1.29 is 4.39 Å². The molecular formula is C18H19FN6. The van der Waals surface area contributed by atoms with E-state index in [2.05, 4.69) is 25.1 Å². The van der Waals surface area contributed by atoms with Gasteiger partial charge in [-0.05, 0) is 37.1 Å². The van der Waals surface area contributed by atoms with Crippen molar-refractivity contribution in [3.05, 3.63) is 48.7 Å². The van der Waals surface area contributed by atoms with Crippen LogP contribution in [0.15, 0.2) is 42.9 Å². The molecule has 1 aliphatic rings.